The second kappa shape index (κ2) is 6.65. The summed E-state index contributed by atoms with van der Waals surface area (Å²) < 4.78 is 5.77. The maximum Gasteiger partial charge on any atom is 0.119 e. The van der Waals surface area contributed by atoms with Gasteiger partial charge in [-0.05, 0) is 49.5 Å². The lowest BCUT2D eigenvalue weighted by molar-refractivity contribution is -0.131. The highest BCUT2D eigenvalue weighted by molar-refractivity contribution is 5.85. The van der Waals surface area contributed by atoms with Crippen LogP contribution in [0.15, 0.2) is 24.3 Å². The minimum absolute atomic E-state index is 0. The molecule has 1 atom stereocenters. The molecule has 5 heteroatoms. The number of fused-ring (bicyclic) bond motifs is 3. The third-order valence-corrected chi connectivity index (χ3v) is 4.54. The Balaban J connectivity index is 0.00000161. The quantitative estimate of drug-likeness (QED) is 0.924. The van der Waals surface area contributed by atoms with Crippen LogP contribution in [0.5, 0.6) is 5.75 Å². The zero-order valence-corrected chi connectivity index (χ0v) is 12.8. The van der Waals surface area contributed by atoms with E-state index < -0.39 is 5.60 Å². The molecule has 0 radical (unpaired) electrons. The van der Waals surface area contributed by atoms with Crippen molar-refractivity contribution >= 4 is 12.4 Å². The van der Waals surface area contributed by atoms with Gasteiger partial charge in [-0.25, -0.2) is 0 Å². The average Bonchev–Trinajstić information content (AvgIpc) is 2.48. The molecule has 4 rings (SSSR count). The summed E-state index contributed by atoms with van der Waals surface area (Å²) in [4.78, 5) is 2.32. The van der Waals surface area contributed by atoms with E-state index in [0.29, 0.717) is 18.9 Å². The number of halogens is 1. The monoisotopic (exact) mass is 308 g/mol. The van der Waals surface area contributed by atoms with Crippen molar-refractivity contribution < 1.29 is 9.84 Å². The number of ether oxygens (including phenoxy) is 1. The first-order valence-electron chi connectivity index (χ1n) is 7.23. The van der Waals surface area contributed by atoms with Crippen LogP contribution in [0.1, 0.15) is 18.4 Å². The number of nitriles is 1. The first kappa shape index (κ1) is 16.1. The topological polar surface area (TPSA) is 56.5 Å². The van der Waals surface area contributed by atoms with Gasteiger partial charge >= 0.3 is 0 Å². The molecular formula is C16H21ClN2O2. The average molecular weight is 309 g/mol. The highest BCUT2D eigenvalue weighted by atomic mass is 35.5. The van der Waals surface area contributed by atoms with Crippen LogP contribution < -0.4 is 4.74 Å². The maximum atomic E-state index is 10.8. The summed E-state index contributed by atoms with van der Waals surface area (Å²) in [6.45, 7) is 3.29. The van der Waals surface area contributed by atoms with Gasteiger partial charge in [0.25, 0.3) is 0 Å². The third kappa shape index (κ3) is 3.49. The molecule has 1 aromatic rings. The molecule has 2 bridgehead atoms. The molecule has 0 spiro atoms. The Morgan fingerprint density at radius 2 is 1.95 bits per heavy atom. The molecule has 21 heavy (non-hydrogen) atoms. The van der Waals surface area contributed by atoms with Gasteiger partial charge in [0.2, 0.25) is 0 Å². The Kier molecular flexibility index (Phi) is 5.10. The predicted octanol–water partition coefficient (Wildman–Crippen LogP) is 2.01. The molecule has 1 aromatic carbocycles. The SMILES string of the molecule is Cl.N#CCc1ccc(OCC2(O)CN3CCC2CC3)cc1. The van der Waals surface area contributed by atoms with Gasteiger partial charge < -0.3 is 14.7 Å². The third-order valence-electron chi connectivity index (χ3n) is 4.54. The number of rotatable bonds is 4. The van der Waals surface area contributed by atoms with Crippen LogP contribution in [0.4, 0.5) is 0 Å². The molecule has 114 valence electrons. The molecular weight excluding hydrogens is 288 g/mol. The largest absolute Gasteiger partial charge is 0.491 e. The fourth-order valence-corrected chi connectivity index (χ4v) is 3.31. The fourth-order valence-electron chi connectivity index (χ4n) is 3.31. The van der Waals surface area contributed by atoms with E-state index in [-0.39, 0.29) is 12.4 Å². The van der Waals surface area contributed by atoms with Crippen molar-refractivity contribution in [2.24, 2.45) is 5.92 Å². The van der Waals surface area contributed by atoms with Crippen LogP contribution in [0, 0.1) is 17.2 Å². The van der Waals surface area contributed by atoms with Gasteiger partial charge in [-0.1, -0.05) is 12.1 Å². The van der Waals surface area contributed by atoms with Crippen molar-refractivity contribution in [2.75, 3.05) is 26.2 Å². The van der Waals surface area contributed by atoms with Crippen LogP contribution in [0.3, 0.4) is 0 Å². The zero-order valence-electron chi connectivity index (χ0n) is 12.0. The molecule has 4 nitrogen and oxygen atoms in total. The lowest BCUT2D eigenvalue weighted by Crippen LogP contribution is -2.61. The van der Waals surface area contributed by atoms with Crippen LogP contribution >= 0.6 is 12.4 Å². The normalized spacial score (nSPS) is 30.3. The molecule has 3 aliphatic heterocycles. The van der Waals surface area contributed by atoms with E-state index in [1.165, 1.54) is 0 Å². The zero-order chi connectivity index (χ0) is 14.0. The van der Waals surface area contributed by atoms with Gasteiger partial charge in [0.05, 0.1) is 12.5 Å². The van der Waals surface area contributed by atoms with Crippen LogP contribution in [-0.2, 0) is 6.42 Å². The summed E-state index contributed by atoms with van der Waals surface area (Å²) in [6, 6.07) is 9.67. The molecule has 0 saturated carbocycles. The number of nitrogens with zero attached hydrogens (tertiary/aromatic N) is 2. The maximum absolute atomic E-state index is 10.8. The first-order chi connectivity index (χ1) is 9.69. The Morgan fingerprint density at radius 3 is 2.48 bits per heavy atom. The summed E-state index contributed by atoms with van der Waals surface area (Å²) in [5.41, 5.74) is 0.281. The van der Waals surface area contributed by atoms with E-state index in [2.05, 4.69) is 11.0 Å². The van der Waals surface area contributed by atoms with Gasteiger partial charge in [-0.2, -0.15) is 5.26 Å². The van der Waals surface area contributed by atoms with Crippen molar-refractivity contribution in [1.82, 2.24) is 4.90 Å². The second-order valence-corrected chi connectivity index (χ2v) is 5.92. The Bertz CT molecular complexity index is 506. The number of piperidine rings is 3. The number of hydrogen-bond donors (Lipinski definition) is 1. The van der Waals surface area contributed by atoms with E-state index in [1.807, 2.05) is 24.3 Å². The van der Waals surface area contributed by atoms with E-state index in [0.717, 1.165) is 43.8 Å². The Hall–Kier alpha value is -1.28. The minimum Gasteiger partial charge on any atom is -0.491 e. The highest BCUT2D eigenvalue weighted by Crippen LogP contribution is 2.35. The standard InChI is InChI=1S/C16H20N2O2.ClH/c17-8-5-13-1-3-15(4-2-13)20-12-16(19)11-18-9-6-14(16)7-10-18;/h1-4,14,19H,5-7,9-12H2;1H. The molecule has 3 aliphatic rings. The number of aliphatic hydroxyl groups is 1. The van der Waals surface area contributed by atoms with Crippen molar-refractivity contribution in [3.63, 3.8) is 0 Å². The molecule has 3 heterocycles. The van der Waals surface area contributed by atoms with E-state index >= 15 is 0 Å². The fraction of sp³-hybridized carbons (Fsp3) is 0.562. The predicted molar refractivity (Wildman–Crippen MR) is 82.6 cm³/mol. The highest BCUT2D eigenvalue weighted by Gasteiger charge is 2.45. The molecule has 3 saturated heterocycles. The van der Waals surface area contributed by atoms with Gasteiger partial charge in [-0.3, -0.25) is 0 Å². The summed E-state index contributed by atoms with van der Waals surface area (Å²) in [7, 11) is 0. The first-order valence-corrected chi connectivity index (χ1v) is 7.23. The van der Waals surface area contributed by atoms with Crippen molar-refractivity contribution in [2.45, 2.75) is 24.9 Å². The lowest BCUT2D eigenvalue weighted by Gasteiger charge is -2.49. The van der Waals surface area contributed by atoms with E-state index in [4.69, 9.17) is 10.00 Å². The van der Waals surface area contributed by atoms with Crippen molar-refractivity contribution in [1.29, 1.82) is 5.26 Å². The van der Waals surface area contributed by atoms with Crippen molar-refractivity contribution in [3.05, 3.63) is 29.8 Å². The van der Waals surface area contributed by atoms with E-state index in [1.54, 1.807) is 0 Å². The second-order valence-electron chi connectivity index (χ2n) is 5.92. The molecule has 1 N–H and O–H groups in total. The summed E-state index contributed by atoms with van der Waals surface area (Å²) >= 11 is 0. The van der Waals surface area contributed by atoms with Crippen molar-refractivity contribution in [3.8, 4) is 11.8 Å². The summed E-state index contributed by atoms with van der Waals surface area (Å²) in [5, 5.41) is 19.4. The molecule has 0 amide bonds. The van der Waals surface area contributed by atoms with Gasteiger partial charge in [0, 0.05) is 6.54 Å². The van der Waals surface area contributed by atoms with Gasteiger partial charge in [-0.15, -0.1) is 12.4 Å². The number of benzene rings is 1. The van der Waals surface area contributed by atoms with E-state index in [9.17, 15) is 5.11 Å². The Morgan fingerprint density at radius 1 is 1.29 bits per heavy atom. The Labute approximate surface area is 131 Å². The molecule has 0 aliphatic carbocycles. The minimum atomic E-state index is -0.707. The molecule has 3 fully saturated rings. The van der Waals surface area contributed by atoms with Crippen LogP contribution in [0.2, 0.25) is 0 Å². The summed E-state index contributed by atoms with van der Waals surface area (Å²) in [5.74, 6) is 1.13. The van der Waals surface area contributed by atoms with Gasteiger partial charge in [0.15, 0.2) is 0 Å². The van der Waals surface area contributed by atoms with Crippen LogP contribution in [0.25, 0.3) is 0 Å². The smallest absolute Gasteiger partial charge is 0.119 e. The van der Waals surface area contributed by atoms with Gasteiger partial charge in [0.1, 0.15) is 18.0 Å². The number of hydrogen-bond acceptors (Lipinski definition) is 4. The molecule has 0 aromatic heterocycles. The molecule has 1 unspecified atom stereocenters. The lowest BCUT2D eigenvalue weighted by atomic mass is 9.76. The van der Waals surface area contributed by atoms with Crippen LogP contribution in [-0.4, -0.2) is 41.8 Å². The summed E-state index contributed by atoms with van der Waals surface area (Å²) in [6.07, 6.45) is 2.56.